The first kappa shape index (κ1) is 19.0. The SMILES string of the molecule is CCCC(=O)C(C)(C)Nc1cc(F)c2nc(C(C)(F)F)[nH]c(=O)c2c1. The Morgan fingerprint density at radius 3 is 2.48 bits per heavy atom. The second kappa shape index (κ2) is 6.50. The van der Waals surface area contributed by atoms with Gasteiger partial charge in [0.25, 0.3) is 5.56 Å². The molecule has 0 unspecified atom stereocenters. The molecule has 0 saturated carbocycles. The van der Waals surface area contributed by atoms with E-state index in [0.717, 1.165) is 6.07 Å². The summed E-state index contributed by atoms with van der Waals surface area (Å²) in [5, 5.41) is 2.72. The molecule has 0 aliphatic carbocycles. The van der Waals surface area contributed by atoms with E-state index in [1.165, 1.54) is 6.07 Å². The van der Waals surface area contributed by atoms with Crippen molar-refractivity contribution in [2.75, 3.05) is 5.32 Å². The Balaban J connectivity index is 2.51. The monoisotopic (exact) mass is 355 g/mol. The number of H-pyrrole nitrogens is 1. The Bertz CT molecular complexity index is 870. The summed E-state index contributed by atoms with van der Waals surface area (Å²) in [5.74, 6) is -5.28. The number of hydrogen-bond donors (Lipinski definition) is 2. The topological polar surface area (TPSA) is 74.8 Å². The molecule has 0 amide bonds. The van der Waals surface area contributed by atoms with Crippen LogP contribution in [-0.2, 0) is 10.7 Å². The van der Waals surface area contributed by atoms with Crippen LogP contribution in [0.4, 0.5) is 18.9 Å². The Morgan fingerprint density at radius 2 is 1.92 bits per heavy atom. The molecule has 1 heterocycles. The number of rotatable bonds is 6. The molecule has 0 radical (unpaired) electrons. The minimum Gasteiger partial charge on any atom is -0.373 e. The van der Waals surface area contributed by atoms with Crippen molar-refractivity contribution in [3.63, 3.8) is 0 Å². The average molecular weight is 355 g/mol. The molecular formula is C17H20F3N3O2. The predicted molar refractivity (Wildman–Crippen MR) is 89.5 cm³/mol. The molecule has 0 saturated heterocycles. The summed E-state index contributed by atoms with van der Waals surface area (Å²) >= 11 is 0. The van der Waals surface area contributed by atoms with Gasteiger partial charge in [0, 0.05) is 19.0 Å². The number of benzene rings is 1. The van der Waals surface area contributed by atoms with Crippen LogP contribution in [0.15, 0.2) is 16.9 Å². The number of carbonyl (C=O) groups excluding carboxylic acids is 1. The van der Waals surface area contributed by atoms with Gasteiger partial charge in [-0.25, -0.2) is 9.37 Å². The van der Waals surface area contributed by atoms with Gasteiger partial charge in [-0.1, -0.05) is 6.92 Å². The van der Waals surface area contributed by atoms with Gasteiger partial charge in [-0.15, -0.1) is 0 Å². The van der Waals surface area contributed by atoms with Crippen molar-refractivity contribution in [2.45, 2.75) is 52.0 Å². The molecule has 8 heteroatoms. The number of Topliss-reactive ketones (excluding diaryl/α,β-unsaturated/α-hetero) is 1. The van der Waals surface area contributed by atoms with Gasteiger partial charge < -0.3 is 10.3 Å². The normalized spacial score (nSPS) is 12.4. The number of nitrogens with zero attached hydrogens (tertiary/aromatic N) is 1. The van der Waals surface area contributed by atoms with Gasteiger partial charge in [0.05, 0.1) is 10.9 Å². The van der Waals surface area contributed by atoms with Crippen molar-refractivity contribution in [3.05, 3.63) is 34.1 Å². The highest BCUT2D eigenvalue weighted by molar-refractivity contribution is 5.91. The first-order valence-corrected chi connectivity index (χ1v) is 7.89. The van der Waals surface area contributed by atoms with E-state index in [2.05, 4.69) is 10.3 Å². The summed E-state index contributed by atoms with van der Waals surface area (Å²) in [6.45, 7) is 5.73. The summed E-state index contributed by atoms with van der Waals surface area (Å²) in [6.07, 6.45) is 1.03. The molecule has 0 spiro atoms. The summed E-state index contributed by atoms with van der Waals surface area (Å²) in [7, 11) is 0. The van der Waals surface area contributed by atoms with E-state index in [1.54, 1.807) is 13.8 Å². The van der Waals surface area contributed by atoms with Crippen LogP contribution >= 0.6 is 0 Å². The number of alkyl halides is 2. The summed E-state index contributed by atoms with van der Waals surface area (Å²) in [6, 6.07) is 2.33. The third kappa shape index (κ3) is 4.00. The van der Waals surface area contributed by atoms with E-state index < -0.39 is 34.2 Å². The van der Waals surface area contributed by atoms with Crippen LogP contribution in [0.2, 0.25) is 0 Å². The molecule has 1 aromatic heterocycles. The number of hydrogen-bond acceptors (Lipinski definition) is 4. The van der Waals surface area contributed by atoms with E-state index in [1.807, 2.05) is 11.9 Å². The second-order valence-corrected chi connectivity index (χ2v) is 6.58. The molecule has 2 N–H and O–H groups in total. The van der Waals surface area contributed by atoms with Crippen molar-refractivity contribution in [1.82, 2.24) is 9.97 Å². The third-order valence-corrected chi connectivity index (χ3v) is 3.81. The lowest BCUT2D eigenvalue weighted by Crippen LogP contribution is -2.40. The van der Waals surface area contributed by atoms with Gasteiger partial charge in [0.1, 0.15) is 5.52 Å². The third-order valence-electron chi connectivity index (χ3n) is 3.81. The molecule has 136 valence electrons. The largest absolute Gasteiger partial charge is 0.373 e. The lowest BCUT2D eigenvalue weighted by molar-refractivity contribution is -0.122. The van der Waals surface area contributed by atoms with Gasteiger partial charge in [0.15, 0.2) is 17.4 Å². The molecule has 1 aromatic carbocycles. The number of halogens is 3. The van der Waals surface area contributed by atoms with E-state index in [-0.39, 0.29) is 16.9 Å². The molecule has 2 aromatic rings. The Kier molecular flexibility index (Phi) is 4.92. The number of anilines is 1. The number of nitrogens with one attached hydrogen (secondary N) is 2. The van der Waals surface area contributed by atoms with Crippen molar-refractivity contribution >= 4 is 22.4 Å². The zero-order valence-electron chi connectivity index (χ0n) is 14.5. The molecule has 5 nitrogen and oxygen atoms in total. The van der Waals surface area contributed by atoms with Gasteiger partial charge in [-0.2, -0.15) is 8.78 Å². The molecule has 0 fully saturated rings. The number of carbonyl (C=O) groups is 1. The fraction of sp³-hybridized carbons (Fsp3) is 0.471. The first-order valence-electron chi connectivity index (χ1n) is 7.89. The van der Waals surface area contributed by atoms with Crippen LogP contribution < -0.4 is 10.9 Å². The molecular weight excluding hydrogens is 335 g/mol. The standard InChI is InChI=1S/C17H20F3N3O2/c1-5-6-12(24)16(2,3)23-9-7-10-13(11(18)8-9)21-15(17(4,19)20)22-14(10)25/h7-8,23H,5-6H2,1-4H3,(H,21,22,25). The summed E-state index contributed by atoms with van der Waals surface area (Å²) < 4.78 is 41.0. The van der Waals surface area contributed by atoms with Crippen LogP contribution in [0.5, 0.6) is 0 Å². The summed E-state index contributed by atoms with van der Waals surface area (Å²) in [4.78, 5) is 29.7. The van der Waals surface area contributed by atoms with Crippen molar-refractivity contribution in [2.24, 2.45) is 0 Å². The highest BCUT2D eigenvalue weighted by Crippen LogP contribution is 2.27. The van der Waals surface area contributed by atoms with E-state index in [4.69, 9.17) is 0 Å². The highest BCUT2D eigenvalue weighted by atomic mass is 19.3. The molecule has 0 atom stereocenters. The maximum absolute atomic E-state index is 14.3. The van der Waals surface area contributed by atoms with E-state index in [0.29, 0.717) is 19.8 Å². The van der Waals surface area contributed by atoms with Crippen LogP contribution in [0.1, 0.15) is 46.4 Å². The number of aromatic amines is 1. The Morgan fingerprint density at radius 1 is 1.28 bits per heavy atom. The lowest BCUT2D eigenvalue weighted by Gasteiger charge is -2.26. The van der Waals surface area contributed by atoms with Crippen LogP contribution in [0.25, 0.3) is 10.9 Å². The van der Waals surface area contributed by atoms with Crippen LogP contribution in [0, 0.1) is 5.82 Å². The molecule has 0 aliphatic heterocycles. The number of ketones is 1. The minimum absolute atomic E-state index is 0.0662. The Labute approximate surface area is 142 Å². The number of fused-ring (bicyclic) bond motifs is 1. The van der Waals surface area contributed by atoms with Crippen LogP contribution in [-0.4, -0.2) is 21.3 Å². The van der Waals surface area contributed by atoms with Gasteiger partial charge in [-0.3, -0.25) is 9.59 Å². The maximum atomic E-state index is 14.3. The Hall–Kier alpha value is -2.38. The zero-order valence-corrected chi connectivity index (χ0v) is 14.5. The van der Waals surface area contributed by atoms with Crippen molar-refractivity contribution < 1.29 is 18.0 Å². The predicted octanol–water partition coefficient (Wildman–Crippen LogP) is 3.73. The average Bonchev–Trinajstić information content (AvgIpc) is 2.47. The highest BCUT2D eigenvalue weighted by Gasteiger charge is 2.30. The number of aromatic nitrogens is 2. The van der Waals surface area contributed by atoms with Crippen molar-refractivity contribution in [3.8, 4) is 0 Å². The van der Waals surface area contributed by atoms with Crippen molar-refractivity contribution in [1.29, 1.82) is 0 Å². The van der Waals surface area contributed by atoms with E-state index in [9.17, 15) is 22.8 Å². The van der Waals surface area contributed by atoms with Gasteiger partial charge >= 0.3 is 5.92 Å². The molecule has 0 bridgehead atoms. The molecule has 2 rings (SSSR count). The molecule has 25 heavy (non-hydrogen) atoms. The van der Waals surface area contributed by atoms with Gasteiger partial charge in [-0.05, 0) is 32.4 Å². The smallest absolute Gasteiger partial charge is 0.302 e. The zero-order chi connectivity index (χ0) is 19.0. The minimum atomic E-state index is -3.40. The maximum Gasteiger partial charge on any atom is 0.302 e. The molecule has 0 aliphatic rings. The quantitative estimate of drug-likeness (QED) is 0.828. The lowest BCUT2D eigenvalue weighted by atomic mass is 9.95. The van der Waals surface area contributed by atoms with E-state index >= 15 is 0 Å². The first-order chi connectivity index (χ1) is 11.5. The summed E-state index contributed by atoms with van der Waals surface area (Å²) in [5.41, 5.74) is -2.08. The second-order valence-electron chi connectivity index (χ2n) is 6.58. The fourth-order valence-electron chi connectivity index (χ4n) is 2.45. The fourth-order valence-corrected chi connectivity index (χ4v) is 2.45. The van der Waals surface area contributed by atoms with Gasteiger partial charge in [0.2, 0.25) is 0 Å². The van der Waals surface area contributed by atoms with Crippen LogP contribution in [0.3, 0.4) is 0 Å².